The number of carboxylic acid groups (broad SMARTS) is 1. The number of benzene rings is 1. The van der Waals surface area contributed by atoms with Crippen LogP contribution >= 0.6 is 0 Å². The highest BCUT2D eigenvalue weighted by Gasteiger charge is 2.50. The van der Waals surface area contributed by atoms with Gasteiger partial charge in [0.25, 0.3) is 0 Å². The number of nitrogens with zero attached hydrogens (tertiary/aromatic N) is 5. The molecule has 1 unspecified atom stereocenters. The van der Waals surface area contributed by atoms with Crippen LogP contribution in [-0.4, -0.2) is 67.3 Å². The van der Waals surface area contributed by atoms with Crippen LogP contribution in [0.25, 0.3) is 0 Å². The van der Waals surface area contributed by atoms with Gasteiger partial charge in [-0.1, -0.05) is 30.2 Å². The van der Waals surface area contributed by atoms with Crippen LogP contribution in [-0.2, 0) is 40.6 Å². The first-order valence-corrected chi connectivity index (χ1v) is 13.9. The number of halogens is 3. The third-order valence-electron chi connectivity index (χ3n) is 8.86. The summed E-state index contributed by atoms with van der Waals surface area (Å²) in [5.74, 6) is -1.76. The number of aromatic nitrogens is 3. The number of amides is 2. The number of aliphatic carboxylic acids is 1. The predicted molar refractivity (Wildman–Crippen MR) is 138 cm³/mol. The molecule has 1 aromatic heterocycles. The number of hydrogen-bond acceptors (Lipinski definition) is 6. The third-order valence-corrected chi connectivity index (χ3v) is 8.86. The minimum atomic E-state index is -4.67. The van der Waals surface area contributed by atoms with Gasteiger partial charge < -0.3 is 19.6 Å². The fourth-order valence-corrected chi connectivity index (χ4v) is 6.60. The molecule has 222 valence electrons. The number of carbonyl (C=O) groups is 3. The van der Waals surface area contributed by atoms with Crippen LogP contribution in [0.3, 0.4) is 0 Å². The van der Waals surface area contributed by atoms with Gasteiger partial charge in [-0.15, -0.1) is 5.10 Å². The van der Waals surface area contributed by atoms with Gasteiger partial charge >= 0.3 is 12.1 Å². The summed E-state index contributed by atoms with van der Waals surface area (Å²) in [5.41, 5.74) is -1.10. The molecule has 2 fully saturated rings. The van der Waals surface area contributed by atoms with E-state index in [4.69, 9.17) is 4.74 Å². The zero-order valence-corrected chi connectivity index (χ0v) is 23.1. The Hall–Kier alpha value is -3.64. The summed E-state index contributed by atoms with van der Waals surface area (Å²) in [6.07, 6.45) is -0.814. The molecule has 10 nitrogen and oxygen atoms in total. The number of rotatable bonds is 7. The van der Waals surface area contributed by atoms with E-state index in [1.54, 1.807) is 28.9 Å². The van der Waals surface area contributed by atoms with Gasteiger partial charge in [-0.2, -0.15) is 13.2 Å². The molecule has 2 amide bonds. The number of ether oxygens (including phenoxy) is 1. The van der Waals surface area contributed by atoms with E-state index in [1.807, 2.05) is 6.07 Å². The molecular formula is C28H34F3N5O5. The molecule has 5 rings (SSSR count). The molecule has 1 aromatic carbocycles. The second-order valence-corrected chi connectivity index (χ2v) is 11.4. The number of hydrogen-bond donors (Lipinski definition) is 1. The maximum absolute atomic E-state index is 14.2. The van der Waals surface area contributed by atoms with Crippen molar-refractivity contribution >= 4 is 17.8 Å². The lowest BCUT2D eigenvalue weighted by molar-refractivity contribution is -0.162. The summed E-state index contributed by atoms with van der Waals surface area (Å²) >= 11 is 0. The molecule has 3 aliphatic rings. The van der Waals surface area contributed by atoms with Crippen LogP contribution in [0.2, 0.25) is 0 Å². The first-order valence-electron chi connectivity index (χ1n) is 13.9. The lowest BCUT2D eigenvalue weighted by Gasteiger charge is -2.45. The van der Waals surface area contributed by atoms with Crippen molar-refractivity contribution in [3.63, 3.8) is 0 Å². The van der Waals surface area contributed by atoms with Crippen molar-refractivity contribution in [3.05, 3.63) is 40.7 Å². The Bertz CT molecular complexity index is 1340. The van der Waals surface area contributed by atoms with E-state index in [1.165, 1.54) is 0 Å². The number of likely N-dealkylation sites (tertiary alicyclic amines) is 1. The van der Waals surface area contributed by atoms with Crippen LogP contribution < -0.4 is 4.74 Å². The van der Waals surface area contributed by atoms with Gasteiger partial charge in [0.05, 0.1) is 17.4 Å². The SMILES string of the molecule is Cn1nnc(COc2cccc3c2[C@@H](CN2CCCC2=O)N(C(=O)C2CCCC[C@@]2(C)C(=O)O)CC3)c1C(F)(F)F. The highest BCUT2D eigenvalue weighted by atomic mass is 19.4. The average molecular weight is 578 g/mol. The minimum absolute atomic E-state index is 0.0367. The molecule has 1 saturated heterocycles. The molecule has 2 aromatic rings. The second-order valence-electron chi connectivity index (χ2n) is 11.4. The second kappa shape index (κ2) is 11.0. The molecule has 0 spiro atoms. The third kappa shape index (κ3) is 5.38. The van der Waals surface area contributed by atoms with E-state index < -0.39 is 41.8 Å². The normalized spacial score (nSPS) is 24.9. The van der Waals surface area contributed by atoms with Crippen molar-refractivity contribution in [2.24, 2.45) is 18.4 Å². The number of carboxylic acids is 1. The van der Waals surface area contributed by atoms with Gasteiger partial charge in [-0.25, -0.2) is 4.68 Å². The Morgan fingerprint density at radius 2 is 1.95 bits per heavy atom. The molecule has 2 aliphatic heterocycles. The van der Waals surface area contributed by atoms with E-state index in [0.29, 0.717) is 61.2 Å². The molecule has 0 radical (unpaired) electrons. The lowest BCUT2D eigenvalue weighted by atomic mass is 9.66. The van der Waals surface area contributed by atoms with E-state index in [2.05, 4.69) is 10.3 Å². The van der Waals surface area contributed by atoms with E-state index in [-0.39, 0.29) is 24.1 Å². The van der Waals surface area contributed by atoms with Gasteiger partial charge in [-0.3, -0.25) is 14.4 Å². The summed E-state index contributed by atoms with van der Waals surface area (Å²) in [6.45, 7) is 2.17. The molecule has 1 aliphatic carbocycles. The maximum Gasteiger partial charge on any atom is 0.435 e. The first kappa shape index (κ1) is 28.9. The van der Waals surface area contributed by atoms with E-state index >= 15 is 0 Å². The zero-order chi connectivity index (χ0) is 29.5. The van der Waals surface area contributed by atoms with Crippen LogP contribution in [0, 0.1) is 11.3 Å². The summed E-state index contributed by atoms with van der Waals surface area (Å²) in [5, 5.41) is 17.2. The summed E-state index contributed by atoms with van der Waals surface area (Å²) in [7, 11) is 1.16. The topological polar surface area (TPSA) is 118 Å². The highest BCUT2D eigenvalue weighted by Crippen LogP contribution is 2.45. The van der Waals surface area contributed by atoms with Gasteiger partial charge in [0.15, 0.2) is 5.69 Å². The lowest BCUT2D eigenvalue weighted by Crippen LogP contribution is -2.52. The maximum atomic E-state index is 14.2. The van der Waals surface area contributed by atoms with Crippen LogP contribution in [0.15, 0.2) is 18.2 Å². The van der Waals surface area contributed by atoms with Crippen molar-refractivity contribution in [3.8, 4) is 5.75 Å². The van der Waals surface area contributed by atoms with Gasteiger partial charge in [-0.05, 0) is 44.2 Å². The quantitative estimate of drug-likeness (QED) is 0.533. The number of carbonyl (C=O) groups excluding carboxylic acids is 2. The fraction of sp³-hybridized carbons (Fsp3) is 0.607. The average Bonchev–Trinajstić information content (AvgIpc) is 3.51. The Kier molecular flexibility index (Phi) is 7.73. The largest absolute Gasteiger partial charge is 0.487 e. The number of fused-ring (bicyclic) bond motifs is 1. The Morgan fingerprint density at radius 1 is 1.17 bits per heavy atom. The van der Waals surface area contributed by atoms with E-state index in [0.717, 1.165) is 25.5 Å². The van der Waals surface area contributed by atoms with Crippen molar-refractivity contribution < 1.29 is 37.4 Å². The zero-order valence-electron chi connectivity index (χ0n) is 23.1. The number of alkyl halides is 3. The van der Waals surface area contributed by atoms with Gasteiger partial charge in [0, 0.05) is 38.7 Å². The van der Waals surface area contributed by atoms with Gasteiger partial charge in [0.1, 0.15) is 18.1 Å². The molecule has 0 bridgehead atoms. The first-order chi connectivity index (χ1) is 19.4. The van der Waals surface area contributed by atoms with Gasteiger partial charge in [0.2, 0.25) is 11.8 Å². The van der Waals surface area contributed by atoms with Crippen LogP contribution in [0.5, 0.6) is 5.75 Å². The van der Waals surface area contributed by atoms with Crippen molar-refractivity contribution in [1.29, 1.82) is 0 Å². The molecule has 1 saturated carbocycles. The molecule has 41 heavy (non-hydrogen) atoms. The summed E-state index contributed by atoms with van der Waals surface area (Å²) in [4.78, 5) is 42.5. The smallest absolute Gasteiger partial charge is 0.435 e. The Balaban J connectivity index is 1.51. The van der Waals surface area contributed by atoms with Crippen LogP contribution in [0.4, 0.5) is 13.2 Å². The monoisotopic (exact) mass is 577 g/mol. The fourth-order valence-electron chi connectivity index (χ4n) is 6.60. The highest BCUT2D eigenvalue weighted by molar-refractivity contribution is 5.88. The molecule has 13 heteroatoms. The Labute approximate surface area is 235 Å². The molecular weight excluding hydrogens is 543 g/mol. The van der Waals surface area contributed by atoms with Crippen molar-refractivity contribution in [2.45, 2.75) is 70.7 Å². The standard InChI is InChI=1S/C28H34F3N5O5/c1-27(26(39)40)12-4-3-8-18(27)25(38)36-14-11-17-7-5-9-21(23(17)20(36)15-35-13-6-10-22(35)37)41-16-19-24(28(29,30)31)34(2)33-32-19/h5,7,9,18,20H,3-4,6,8,10-16H2,1-2H3,(H,39,40)/t18?,20-,27-/m1/s1. The number of aryl methyl sites for hydroxylation is 1. The van der Waals surface area contributed by atoms with E-state index in [9.17, 15) is 32.7 Å². The summed E-state index contributed by atoms with van der Waals surface area (Å²) < 4.78 is 47.5. The molecule has 3 atom stereocenters. The molecule has 3 heterocycles. The minimum Gasteiger partial charge on any atom is -0.487 e. The van der Waals surface area contributed by atoms with Crippen molar-refractivity contribution in [1.82, 2.24) is 24.8 Å². The predicted octanol–water partition coefficient (Wildman–Crippen LogP) is 3.74. The Morgan fingerprint density at radius 3 is 2.63 bits per heavy atom. The van der Waals surface area contributed by atoms with Crippen LogP contribution in [0.1, 0.15) is 74.0 Å². The molecule has 1 N–H and O–H groups in total. The van der Waals surface area contributed by atoms with Crippen molar-refractivity contribution in [2.75, 3.05) is 19.6 Å². The summed E-state index contributed by atoms with van der Waals surface area (Å²) in [6, 6.07) is 4.62.